The van der Waals surface area contributed by atoms with Crippen LogP contribution in [0.3, 0.4) is 0 Å². The lowest BCUT2D eigenvalue weighted by atomic mass is 10.0. The van der Waals surface area contributed by atoms with Crippen molar-refractivity contribution in [3.63, 3.8) is 0 Å². The van der Waals surface area contributed by atoms with Gasteiger partial charge in [0.1, 0.15) is 0 Å². The summed E-state index contributed by atoms with van der Waals surface area (Å²) in [7, 11) is -7.34. The minimum atomic E-state index is -3.71. The number of amides is 1. The first-order valence-corrected chi connectivity index (χ1v) is 11.8. The van der Waals surface area contributed by atoms with Crippen LogP contribution in [0.2, 0.25) is 0 Å². The standard InChI is InChI=1S/C17H24N2O5S2/c1-12-6-8-18(9-7-12)26(23,24)16-5-4-15(10-13(16)2)19-17(20)14(3)11-25(19,21)22/h4-5,10,12,14H,6-9,11H2,1-3H3. The maximum Gasteiger partial charge on any atom is 0.244 e. The molecule has 2 heterocycles. The van der Waals surface area contributed by atoms with E-state index in [1.165, 1.54) is 22.5 Å². The second-order valence-corrected chi connectivity index (χ2v) is 11.1. The Balaban J connectivity index is 1.95. The number of benzene rings is 1. The van der Waals surface area contributed by atoms with E-state index in [4.69, 9.17) is 0 Å². The molecule has 0 aliphatic carbocycles. The zero-order valence-corrected chi connectivity index (χ0v) is 16.8. The Kier molecular flexibility index (Phi) is 4.91. The summed E-state index contributed by atoms with van der Waals surface area (Å²) in [5.74, 6) is -0.793. The van der Waals surface area contributed by atoms with Crippen molar-refractivity contribution in [1.82, 2.24) is 4.31 Å². The van der Waals surface area contributed by atoms with Crippen LogP contribution in [-0.2, 0) is 24.8 Å². The lowest BCUT2D eigenvalue weighted by Gasteiger charge is -2.30. The van der Waals surface area contributed by atoms with Crippen molar-refractivity contribution in [3.8, 4) is 0 Å². The molecule has 3 rings (SSSR count). The van der Waals surface area contributed by atoms with Crippen LogP contribution in [0, 0.1) is 18.8 Å². The SMILES string of the molecule is Cc1cc(N2C(=O)C(C)CS2(=O)=O)ccc1S(=O)(=O)N1CCC(C)CC1. The third-order valence-corrected chi connectivity index (χ3v) is 9.04. The third-order valence-electron chi connectivity index (χ3n) is 5.11. The van der Waals surface area contributed by atoms with E-state index in [0.29, 0.717) is 24.6 Å². The fourth-order valence-corrected chi connectivity index (χ4v) is 6.99. The van der Waals surface area contributed by atoms with Gasteiger partial charge in [-0.2, -0.15) is 4.31 Å². The zero-order chi connectivity index (χ0) is 19.3. The second kappa shape index (κ2) is 6.61. The van der Waals surface area contributed by atoms with Crippen LogP contribution in [0.5, 0.6) is 0 Å². The molecule has 0 radical (unpaired) electrons. The fraction of sp³-hybridized carbons (Fsp3) is 0.588. The number of nitrogens with zero attached hydrogens (tertiary/aromatic N) is 2. The fourth-order valence-electron chi connectivity index (χ4n) is 3.50. The molecule has 9 heteroatoms. The van der Waals surface area contributed by atoms with Crippen LogP contribution in [0.25, 0.3) is 0 Å². The van der Waals surface area contributed by atoms with E-state index in [2.05, 4.69) is 6.92 Å². The van der Waals surface area contributed by atoms with Gasteiger partial charge in [-0.05, 0) is 49.4 Å². The molecule has 144 valence electrons. The highest BCUT2D eigenvalue weighted by Crippen LogP contribution is 2.32. The molecule has 1 aromatic rings. The van der Waals surface area contributed by atoms with E-state index in [1.54, 1.807) is 13.8 Å². The Morgan fingerprint density at radius 3 is 2.23 bits per heavy atom. The summed E-state index contributed by atoms with van der Waals surface area (Å²) >= 11 is 0. The molecule has 0 spiro atoms. The number of hydrogen-bond acceptors (Lipinski definition) is 5. The molecule has 1 aromatic carbocycles. The van der Waals surface area contributed by atoms with Crippen molar-refractivity contribution >= 4 is 31.6 Å². The molecular weight excluding hydrogens is 376 g/mol. The van der Waals surface area contributed by atoms with Crippen molar-refractivity contribution < 1.29 is 21.6 Å². The summed E-state index contributed by atoms with van der Waals surface area (Å²) in [6.07, 6.45) is 1.66. The van der Waals surface area contributed by atoms with Gasteiger partial charge in [0, 0.05) is 13.1 Å². The molecule has 2 aliphatic heterocycles. The highest BCUT2D eigenvalue weighted by Gasteiger charge is 2.42. The number of anilines is 1. The number of carbonyl (C=O) groups excluding carboxylic acids is 1. The van der Waals surface area contributed by atoms with E-state index in [9.17, 15) is 21.6 Å². The summed E-state index contributed by atoms with van der Waals surface area (Å²) < 4.78 is 52.6. The van der Waals surface area contributed by atoms with E-state index < -0.39 is 31.9 Å². The van der Waals surface area contributed by atoms with Gasteiger partial charge in [0.05, 0.1) is 22.3 Å². The van der Waals surface area contributed by atoms with Gasteiger partial charge in [-0.15, -0.1) is 0 Å². The number of rotatable bonds is 3. The molecule has 2 saturated heterocycles. The summed E-state index contributed by atoms with van der Waals surface area (Å²) in [5, 5.41) is 0. The van der Waals surface area contributed by atoms with Gasteiger partial charge in [-0.25, -0.2) is 21.1 Å². The maximum atomic E-state index is 12.9. The largest absolute Gasteiger partial charge is 0.273 e. The van der Waals surface area contributed by atoms with Crippen LogP contribution in [-0.4, -0.2) is 45.9 Å². The summed E-state index contributed by atoms with van der Waals surface area (Å²) in [6, 6.07) is 4.27. The number of aryl methyl sites for hydroxylation is 1. The Labute approximate surface area is 155 Å². The van der Waals surface area contributed by atoms with Crippen molar-refractivity contribution in [2.45, 2.75) is 38.5 Å². The molecule has 2 aliphatic rings. The van der Waals surface area contributed by atoms with Crippen molar-refractivity contribution in [1.29, 1.82) is 0 Å². The second-order valence-electron chi connectivity index (χ2n) is 7.32. The van der Waals surface area contributed by atoms with E-state index in [1.807, 2.05) is 0 Å². The zero-order valence-electron chi connectivity index (χ0n) is 15.2. The highest BCUT2D eigenvalue weighted by molar-refractivity contribution is 7.94. The predicted molar refractivity (Wildman–Crippen MR) is 98.8 cm³/mol. The van der Waals surface area contributed by atoms with Gasteiger partial charge < -0.3 is 0 Å². The minimum absolute atomic E-state index is 0.160. The number of hydrogen-bond donors (Lipinski definition) is 0. The van der Waals surface area contributed by atoms with Gasteiger partial charge in [-0.3, -0.25) is 4.79 Å². The predicted octanol–water partition coefficient (Wildman–Crippen LogP) is 1.73. The molecule has 2 fully saturated rings. The molecule has 0 aromatic heterocycles. The monoisotopic (exact) mass is 400 g/mol. The van der Waals surface area contributed by atoms with Gasteiger partial charge in [0.2, 0.25) is 26.0 Å². The number of sulfonamides is 2. The van der Waals surface area contributed by atoms with Crippen molar-refractivity contribution in [2.75, 3.05) is 23.1 Å². The molecular formula is C17H24N2O5S2. The van der Waals surface area contributed by atoms with Crippen LogP contribution in [0.4, 0.5) is 5.69 Å². The average Bonchev–Trinajstić information content (AvgIpc) is 2.75. The summed E-state index contributed by atoms with van der Waals surface area (Å²) in [6.45, 7) is 6.28. The first-order valence-electron chi connectivity index (χ1n) is 8.71. The summed E-state index contributed by atoms with van der Waals surface area (Å²) in [5.41, 5.74) is 0.631. The Hall–Kier alpha value is -1.45. The van der Waals surface area contributed by atoms with Crippen LogP contribution >= 0.6 is 0 Å². The lowest BCUT2D eigenvalue weighted by Crippen LogP contribution is -2.38. The quantitative estimate of drug-likeness (QED) is 0.770. The molecule has 1 atom stereocenters. The van der Waals surface area contributed by atoms with Crippen LogP contribution in [0.1, 0.15) is 32.3 Å². The maximum absolute atomic E-state index is 12.9. The van der Waals surface area contributed by atoms with Gasteiger partial charge in [0.25, 0.3) is 0 Å². The Morgan fingerprint density at radius 1 is 1.12 bits per heavy atom. The number of piperidine rings is 1. The van der Waals surface area contributed by atoms with E-state index in [-0.39, 0.29) is 16.3 Å². The molecule has 0 saturated carbocycles. The first kappa shape index (κ1) is 19.3. The molecule has 7 nitrogen and oxygen atoms in total. The third kappa shape index (κ3) is 3.27. The topological polar surface area (TPSA) is 91.8 Å². The molecule has 0 N–H and O–H groups in total. The normalized spacial score (nSPS) is 25.0. The van der Waals surface area contributed by atoms with Crippen LogP contribution < -0.4 is 4.31 Å². The van der Waals surface area contributed by atoms with Gasteiger partial charge in [-0.1, -0.05) is 13.8 Å². The Bertz CT molecular complexity index is 932. The molecule has 1 amide bonds. The minimum Gasteiger partial charge on any atom is -0.273 e. The van der Waals surface area contributed by atoms with Crippen LogP contribution in [0.15, 0.2) is 23.1 Å². The van der Waals surface area contributed by atoms with Gasteiger partial charge in [0.15, 0.2) is 0 Å². The van der Waals surface area contributed by atoms with Crippen molar-refractivity contribution in [3.05, 3.63) is 23.8 Å². The average molecular weight is 401 g/mol. The number of carbonyl (C=O) groups is 1. The van der Waals surface area contributed by atoms with Crippen molar-refractivity contribution in [2.24, 2.45) is 11.8 Å². The van der Waals surface area contributed by atoms with E-state index >= 15 is 0 Å². The highest BCUT2D eigenvalue weighted by atomic mass is 32.2. The lowest BCUT2D eigenvalue weighted by molar-refractivity contribution is -0.119. The Morgan fingerprint density at radius 2 is 1.73 bits per heavy atom. The summed E-state index contributed by atoms with van der Waals surface area (Å²) in [4.78, 5) is 12.4. The molecule has 0 bridgehead atoms. The van der Waals surface area contributed by atoms with E-state index in [0.717, 1.165) is 17.1 Å². The molecule has 26 heavy (non-hydrogen) atoms. The smallest absolute Gasteiger partial charge is 0.244 e. The van der Waals surface area contributed by atoms with Gasteiger partial charge >= 0.3 is 0 Å². The first-order chi connectivity index (χ1) is 12.0. The molecule has 1 unspecified atom stereocenters.